The van der Waals surface area contributed by atoms with E-state index in [0.717, 1.165) is 13.0 Å². The second-order valence-corrected chi connectivity index (χ2v) is 4.96. The van der Waals surface area contributed by atoms with E-state index in [2.05, 4.69) is 28.8 Å². The highest BCUT2D eigenvalue weighted by Crippen LogP contribution is 2.27. The van der Waals surface area contributed by atoms with Gasteiger partial charge in [-0.3, -0.25) is 0 Å². The van der Waals surface area contributed by atoms with Crippen LogP contribution in [-0.4, -0.2) is 16.4 Å². The van der Waals surface area contributed by atoms with Crippen LogP contribution in [0.3, 0.4) is 0 Å². The van der Waals surface area contributed by atoms with E-state index in [9.17, 15) is 0 Å². The lowest BCUT2D eigenvalue weighted by Crippen LogP contribution is -2.18. The highest BCUT2D eigenvalue weighted by atomic mass is 32.1. The Labute approximate surface area is 98.7 Å². The van der Waals surface area contributed by atoms with E-state index in [-0.39, 0.29) is 6.23 Å². The Morgan fingerprint density at radius 1 is 1.44 bits per heavy atom. The molecule has 2 aromatic rings. The number of aromatic nitrogens is 2. The third kappa shape index (κ3) is 1.90. The van der Waals surface area contributed by atoms with E-state index in [0.29, 0.717) is 0 Å². The average molecular weight is 234 g/mol. The maximum Gasteiger partial charge on any atom is 0.150 e. The molecule has 84 valence electrons. The molecule has 1 fully saturated rings. The number of hydrogen-bond donors (Lipinski definition) is 0. The smallest absolute Gasteiger partial charge is 0.150 e. The van der Waals surface area contributed by atoms with E-state index in [4.69, 9.17) is 4.74 Å². The lowest BCUT2D eigenvalue weighted by atomic mass is 10.2. The van der Waals surface area contributed by atoms with Crippen LogP contribution in [0, 0.1) is 0 Å². The maximum atomic E-state index is 5.70. The molecule has 2 aromatic heterocycles. The molecule has 4 heteroatoms. The summed E-state index contributed by atoms with van der Waals surface area (Å²) in [4.78, 5) is 1.27. The molecule has 0 amide bonds. The summed E-state index contributed by atoms with van der Waals surface area (Å²) in [5.41, 5.74) is 1.18. The van der Waals surface area contributed by atoms with Gasteiger partial charge in [0.2, 0.25) is 0 Å². The highest BCUT2D eigenvalue weighted by Gasteiger charge is 2.16. The second kappa shape index (κ2) is 4.39. The van der Waals surface area contributed by atoms with Crippen LogP contribution in [0.2, 0.25) is 0 Å². The van der Waals surface area contributed by atoms with Gasteiger partial charge in [0.15, 0.2) is 0 Å². The summed E-state index contributed by atoms with van der Waals surface area (Å²) in [5, 5.41) is 6.48. The van der Waals surface area contributed by atoms with Crippen molar-refractivity contribution in [3.8, 4) is 10.4 Å². The van der Waals surface area contributed by atoms with Crippen LogP contribution in [0.1, 0.15) is 25.5 Å². The number of ether oxygens (including phenoxy) is 1. The molecule has 0 spiro atoms. The molecule has 1 saturated heterocycles. The summed E-state index contributed by atoms with van der Waals surface area (Å²) in [7, 11) is 0. The standard InChI is InChI=1S/C12H14N2OS/c1-2-6-15-12(5-1)14-9-10(8-13-14)11-4-3-7-16-11/h3-4,7-9,12H,1-2,5-6H2. The Morgan fingerprint density at radius 2 is 2.44 bits per heavy atom. The third-order valence-corrected chi connectivity index (χ3v) is 3.78. The first-order valence-corrected chi connectivity index (χ1v) is 6.51. The van der Waals surface area contributed by atoms with Gasteiger partial charge in [-0.25, -0.2) is 4.68 Å². The summed E-state index contributed by atoms with van der Waals surface area (Å²) < 4.78 is 7.65. The van der Waals surface area contributed by atoms with E-state index >= 15 is 0 Å². The molecule has 3 heterocycles. The molecule has 0 aromatic carbocycles. The van der Waals surface area contributed by atoms with Gasteiger partial charge in [-0.1, -0.05) is 6.07 Å². The fraction of sp³-hybridized carbons (Fsp3) is 0.417. The maximum absolute atomic E-state index is 5.70. The van der Waals surface area contributed by atoms with E-state index in [1.165, 1.54) is 23.3 Å². The van der Waals surface area contributed by atoms with E-state index < -0.39 is 0 Å². The van der Waals surface area contributed by atoms with Crippen LogP contribution in [0.5, 0.6) is 0 Å². The second-order valence-electron chi connectivity index (χ2n) is 4.01. The largest absolute Gasteiger partial charge is 0.357 e. The fourth-order valence-corrected chi connectivity index (χ4v) is 2.70. The lowest BCUT2D eigenvalue weighted by Gasteiger charge is -2.22. The zero-order valence-electron chi connectivity index (χ0n) is 9.00. The summed E-state index contributed by atoms with van der Waals surface area (Å²) in [6, 6.07) is 4.18. The summed E-state index contributed by atoms with van der Waals surface area (Å²) >= 11 is 1.74. The average Bonchev–Trinajstić information content (AvgIpc) is 3.01. The zero-order valence-corrected chi connectivity index (χ0v) is 9.82. The van der Waals surface area contributed by atoms with Crippen LogP contribution in [0.4, 0.5) is 0 Å². The molecular formula is C12H14N2OS. The van der Waals surface area contributed by atoms with Gasteiger partial charge in [-0.2, -0.15) is 5.10 Å². The molecular weight excluding hydrogens is 220 g/mol. The predicted octanol–water partition coefficient (Wildman–Crippen LogP) is 3.31. The van der Waals surface area contributed by atoms with Crippen molar-refractivity contribution < 1.29 is 4.74 Å². The first kappa shape index (κ1) is 10.1. The molecule has 0 bridgehead atoms. The van der Waals surface area contributed by atoms with Gasteiger partial charge in [-0.05, 0) is 30.7 Å². The molecule has 0 N–H and O–H groups in total. The number of rotatable bonds is 2. The third-order valence-electron chi connectivity index (χ3n) is 2.86. The van der Waals surface area contributed by atoms with Crippen molar-refractivity contribution in [2.75, 3.05) is 6.61 Å². The van der Waals surface area contributed by atoms with Crippen LogP contribution >= 0.6 is 11.3 Å². The van der Waals surface area contributed by atoms with Crippen molar-refractivity contribution in [3.05, 3.63) is 29.9 Å². The molecule has 16 heavy (non-hydrogen) atoms. The number of hydrogen-bond acceptors (Lipinski definition) is 3. The van der Waals surface area contributed by atoms with Crippen molar-refractivity contribution in [3.63, 3.8) is 0 Å². The molecule has 0 radical (unpaired) electrons. The number of nitrogens with zero attached hydrogens (tertiary/aromatic N) is 2. The van der Waals surface area contributed by atoms with Crippen LogP contribution in [0.25, 0.3) is 10.4 Å². The van der Waals surface area contributed by atoms with Gasteiger partial charge in [0.25, 0.3) is 0 Å². The predicted molar refractivity (Wildman–Crippen MR) is 64.4 cm³/mol. The lowest BCUT2D eigenvalue weighted by molar-refractivity contribution is -0.0394. The van der Waals surface area contributed by atoms with Crippen LogP contribution in [0.15, 0.2) is 29.9 Å². The first-order valence-electron chi connectivity index (χ1n) is 5.63. The summed E-state index contributed by atoms with van der Waals surface area (Å²) in [6.45, 7) is 0.860. The van der Waals surface area contributed by atoms with Crippen molar-refractivity contribution >= 4 is 11.3 Å². The number of thiophene rings is 1. The molecule has 3 nitrogen and oxygen atoms in total. The van der Waals surface area contributed by atoms with Crippen LogP contribution in [-0.2, 0) is 4.74 Å². The van der Waals surface area contributed by atoms with Crippen molar-refractivity contribution in [2.45, 2.75) is 25.5 Å². The zero-order chi connectivity index (χ0) is 10.8. The van der Waals surface area contributed by atoms with Gasteiger partial charge in [0.05, 0.1) is 6.20 Å². The topological polar surface area (TPSA) is 27.1 Å². The Morgan fingerprint density at radius 3 is 3.19 bits per heavy atom. The molecule has 0 aliphatic carbocycles. The molecule has 1 aliphatic rings. The SMILES string of the molecule is c1csc(-c2cnn(C3CCCCO3)c2)c1. The Balaban J connectivity index is 1.82. The Hall–Kier alpha value is -1.13. The van der Waals surface area contributed by atoms with Gasteiger partial charge in [0.1, 0.15) is 6.23 Å². The highest BCUT2D eigenvalue weighted by molar-refractivity contribution is 7.13. The fourth-order valence-electron chi connectivity index (χ4n) is 2.00. The Kier molecular flexibility index (Phi) is 2.76. The molecule has 1 aliphatic heterocycles. The van der Waals surface area contributed by atoms with Gasteiger partial charge in [0, 0.05) is 23.2 Å². The first-order chi connectivity index (χ1) is 7.93. The Bertz CT molecular complexity index is 443. The molecule has 3 rings (SSSR count). The molecule has 1 atom stereocenters. The minimum absolute atomic E-state index is 0.141. The molecule has 1 unspecified atom stereocenters. The van der Waals surface area contributed by atoms with E-state index in [1.807, 2.05) is 10.9 Å². The van der Waals surface area contributed by atoms with Crippen LogP contribution < -0.4 is 0 Å². The van der Waals surface area contributed by atoms with Crippen molar-refractivity contribution in [1.29, 1.82) is 0 Å². The quantitative estimate of drug-likeness (QED) is 0.797. The summed E-state index contributed by atoms with van der Waals surface area (Å²) in [5.74, 6) is 0. The summed E-state index contributed by atoms with van der Waals surface area (Å²) in [6.07, 6.45) is 7.63. The minimum atomic E-state index is 0.141. The van der Waals surface area contributed by atoms with E-state index in [1.54, 1.807) is 11.3 Å². The van der Waals surface area contributed by atoms with Gasteiger partial charge < -0.3 is 4.74 Å². The monoisotopic (exact) mass is 234 g/mol. The minimum Gasteiger partial charge on any atom is -0.357 e. The van der Waals surface area contributed by atoms with Crippen molar-refractivity contribution in [1.82, 2.24) is 9.78 Å². The molecule has 0 saturated carbocycles. The van der Waals surface area contributed by atoms with Crippen molar-refractivity contribution in [2.24, 2.45) is 0 Å². The van der Waals surface area contributed by atoms with Gasteiger partial charge in [-0.15, -0.1) is 11.3 Å². The van der Waals surface area contributed by atoms with Gasteiger partial charge >= 0.3 is 0 Å². The normalized spacial score (nSPS) is 21.1.